The van der Waals surface area contributed by atoms with Gasteiger partial charge >= 0.3 is 0 Å². The molecule has 6 heteroatoms. The molecule has 0 fully saturated rings. The lowest BCUT2D eigenvalue weighted by atomic mass is 10.3. The van der Waals surface area contributed by atoms with Crippen molar-refractivity contribution in [3.05, 3.63) is 40.3 Å². The number of hydrogen-bond donors (Lipinski definition) is 1. The third kappa shape index (κ3) is 4.21. The first-order chi connectivity index (χ1) is 9.71. The lowest BCUT2D eigenvalue weighted by Gasteiger charge is -2.06. The van der Waals surface area contributed by atoms with E-state index in [-0.39, 0.29) is 12.3 Å². The Balaban J connectivity index is 1.90. The Hall–Kier alpha value is -1.59. The SMILES string of the molecule is CCOc1ccc(NC(=O)Cc2nc(CCl)cs2)cc1. The van der Waals surface area contributed by atoms with Crippen LogP contribution in [0.2, 0.25) is 0 Å². The summed E-state index contributed by atoms with van der Waals surface area (Å²) in [6.07, 6.45) is 0.259. The van der Waals surface area contributed by atoms with Crippen LogP contribution in [0, 0.1) is 0 Å². The van der Waals surface area contributed by atoms with Crippen LogP contribution in [0.5, 0.6) is 5.75 Å². The summed E-state index contributed by atoms with van der Waals surface area (Å²) in [6, 6.07) is 7.28. The number of carbonyl (C=O) groups is 1. The van der Waals surface area contributed by atoms with Gasteiger partial charge in [0.15, 0.2) is 0 Å². The van der Waals surface area contributed by atoms with Crippen molar-refractivity contribution in [2.75, 3.05) is 11.9 Å². The van der Waals surface area contributed by atoms with Crippen molar-refractivity contribution in [3.8, 4) is 5.75 Å². The van der Waals surface area contributed by atoms with Gasteiger partial charge in [-0.25, -0.2) is 4.98 Å². The highest BCUT2D eigenvalue weighted by Crippen LogP contribution is 2.17. The van der Waals surface area contributed by atoms with E-state index < -0.39 is 0 Å². The number of ether oxygens (including phenoxy) is 1. The van der Waals surface area contributed by atoms with Crippen molar-refractivity contribution in [2.45, 2.75) is 19.2 Å². The molecule has 0 bridgehead atoms. The summed E-state index contributed by atoms with van der Waals surface area (Å²) in [4.78, 5) is 16.1. The monoisotopic (exact) mass is 310 g/mol. The van der Waals surface area contributed by atoms with Crippen LogP contribution < -0.4 is 10.1 Å². The lowest BCUT2D eigenvalue weighted by Crippen LogP contribution is -2.14. The molecule has 1 aromatic carbocycles. The Labute approximate surface area is 126 Å². The summed E-state index contributed by atoms with van der Waals surface area (Å²) in [6.45, 7) is 2.55. The standard InChI is InChI=1S/C14H15ClN2O2S/c1-2-19-12-5-3-10(4-6-12)16-13(18)7-14-17-11(8-15)9-20-14/h3-6,9H,2,7-8H2,1H3,(H,16,18). The van der Waals surface area contributed by atoms with E-state index in [0.29, 0.717) is 12.5 Å². The first-order valence-corrected chi connectivity index (χ1v) is 7.64. The molecule has 1 aromatic heterocycles. The number of anilines is 1. The van der Waals surface area contributed by atoms with Crippen LogP contribution in [-0.2, 0) is 17.1 Å². The van der Waals surface area contributed by atoms with Crippen LogP contribution in [0.3, 0.4) is 0 Å². The number of thiazole rings is 1. The van der Waals surface area contributed by atoms with E-state index in [4.69, 9.17) is 16.3 Å². The Morgan fingerprint density at radius 2 is 2.15 bits per heavy atom. The van der Waals surface area contributed by atoms with E-state index in [1.807, 2.05) is 36.6 Å². The fourth-order valence-corrected chi connectivity index (χ4v) is 2.66. The minimum atomic E-state index is -0.0929. The van der Waals surface area contributed by atoms with Crippen molar-refractivity contribution in [1.29, 1.82) is 0 Å². The first kappa shape index (κ1) is 14.8. The summed E-state index contributed by atoms with van der Waals surface area (Å²) in [7, 11) is 0. The van der Waals surface area contributed by atoms with Gasteiger partial charge in [-0.05, 0) is 31.2 Å². The average Bonchev–Trinajstić information content (AvgIpc) is 2.89. The normalized spacial score (nSPS) is 10.3. The highest BCUT2D eigenvalue weighted by atomic mass is 35.5. The minimum absolute atomic E-state index is 0.0929. The number of rotatable bonds is 6. The van der Waals surface area contributed by atoms with E-state index in [1.54, 1.807) is 0 Å². The van der Waals surface area contributed by atoms with Gasteiger partial charge in [0.2, 0.25) is 5.91 Å². The van der Waals surface area contributed by atoms with Crippen LogP contribution in [0.25, 0.3) is 0 Å². The third-order valence-electron chi connectivity index (χ3n) is 2.50. The molecule has 0 aliphatic rings. The Morgan fingerprint density at radius 1 is 1.40 bits per heavy atom. The minimum Gasteiger partial charge on any atom is -0.494 e. The topological polar surface area (TPSA) is 51.2 Å². The van der Waals surface area contributed by atoms with E-state index >= 15 is 0 Å². The summed E-state index contributed by atoms with van der Waals surface area (Å²) in [5.41, 5.74) is 1.55. The van der Waals surface area contributed by atoms with Gasteiger partial charge in [0.1, 0.15) is 10.8 Å². The zero-order chi connectivity index (χ0) is 14.4. The highest BCUT2D eigenvalue weighted by molar-refractivity contribution is 7.09. The van der Waals surface area contributed by atoms with Crippen molar-refractivity contribution in [3.63, 3.8) is 0 Å². The molecule has 2 aromatic rings. The van der Waals surface area contributed by atoms with E-state index in [0.717, 1.165) is 22.1 Å². The van der Waals surface area contributed by atoms with Gasteiger partial charge in [-0.1, -0.05) is 0 Å². The Morgan fingerprint density at radius 3 is 2.75 bits per heavy atom. The summed E-state index contributed by atoms with van der Waals surface area (Å²) in [5, 5.41) is 5.46. The van der Waals surface area contributed by atoms with Gasteiger partial charge in [0.05, 0.1) is 24.6 Å². The molecule has 2 rings (SSSR count). The van der Waals surface area contributed by atoms with Crippen LogP contribution in [-0.4, -0.2) is 17.5 Å². The van der Waals surface area contributed by atoms with Crippen LogP contribution in [0.15, 0.2) is 29.6 Å². The number of nitrogens with one attached hydrogen (secondary N) is 1. The van der Waals surface area contributed by atoms with Crippen LogP contribution >= 0.6 is 22.9 Å². The van der Waals surface area contributed by atoms with Gasteiger partial charge in [-0.15, -0.1) is 22.9 Å². The molecular weight excluding hydrogens is 296 g/mol. The van der Waals surface area contributed by atoms with Crippen molar-refractivity contribution in [1.82, 2.24) is 4.98 Å². The average molecular weight is 311 g/mol. The molecule has 1 amide bonds. The molecule has 1 heterocycles. The maximum atomic E-state index is 11.9. The number of aromatic nitrogens is 1. The predicted octanol–water partition coefficient (Wildman–Crippen LogP) is 3.46. The lowest BCUT2D eigenvalue weighted by molar-refractivity contribution is -0.115. The second-order valence-corrected chi connectivity index (χ2v) is 5.26. The molecule has 1 N–H and O–H groups in total. The van der Waals surface area contributed by atoms with Gasteiger partial charge in [-0.3, -0.25) is 4.79 Å². The van der Waals surface area contributed by atoms with Crippen molar-refractivity contribution >= 4 is 34.5 Å². The van der Waals surface area contributed by atoms with E-state index in [2.05, 4.69) is 10.3 Å². The zero-order valence-corrected chi connectivity index (χ0v) is 12.6. The Bertz CT molecular complexity index is 569. The molecular formula is C14H15ClN2O2S. The number of nitrogens with zero attached hydrogens (tertiary/aromatic N) is 1. The quantitative estimate of drug-likeness (QED) is 0.831. The molecule has 0 radical (unpaired) electrons. The number of hydrogen-bond acceptors (Lipinski definition) is 4. The molecule has 0 atom stereocenters. The van der Waals surface area contributed by atoms with Gasteiger partial charge in [0, 0.05) is 11.1 Å². The summed E-state index contributed by atoms with van der Waals surface area (Å²) >= 11 is 7.12. The number of alkyl halides is 1. The largest absolute Gasteiger partial charge is 0.494 e. The molecule has 0 spiro atoms. The number of benzene rings is 1. The molecule has 0 unspecified atom stereocenters. The van der Waals surface area contributed by atoms with Crippen LogP contribution in [0.1, 0.15) is 17.6 Å². The van der Waals surface area contributed by atoms with Gasteiger partial charge in [0.25, 0.3) is 0 Å². The second-order valence-electron chi connectivity index (χ2n) is 4.05. The van der Waals surface area contributed by atoms with Crippen molar-refractivity contribution in [2.24, 2.45) is 0 Å². The molecule has 0 aliphatic carbocycles. The molecule has 4 nitrogen and oxygen atoms in total. The Kier molecular flexibility index (Phi) is 5.38. The first-order valence-electron chi connectivity index (χ1n) is 6.23. The molecule has 0 aliphatic heterocycles. The fourth-order valence-electron chi connectivity index (χ4n) is 1.64. The fraction of sp³-hybridized carbons (Fsp3) is 0.286. The number of halogens is 1. The molecule has 106 valence electrons. The van der Waals surface area contributed by atoms with E-state index in [9.17, 15) is 4.79 Å². The van der Waals surface area contributed by atoms with Gasteiger partial charge < -0.3 is 10.1 Å². The van der Waals surface area contributed by atoms with Crippen molar-refractivity contribution < 1.29 is 9.53 Å². The highest BCUT2D eigenvalue weighted by Gasteiger charge is 2.08. The second kappa shape index (κ2) is 7.26. The number of amides is 1. The smallest absolute Gasteiger partial charge is 0.231 e. The summed E-state index contributed by atoms with van der Waals surface area (Å²) < 4.78 is 5.34. The zero-order valence-electron chi connectivity index (χ0n) is 11.1. The molecule has 20 heavy (non-hydrogen) atoms. The molecule has 0 saturated carbocycles. The molecule has 0 saturated heterocycles. The van der Waals surface area contributed by atoms with Gasteiger partial charge in [-0.2, -0.15) is 0 Å². The summed E-state index contributed by atoms with van der Waals surface area (Å²) in [5.74, 6) is 1.07. The maximum absolute atomic E-state index is 11.9. The maximum Gasteiger partial charge on any atom is 0.231 e. The predicted molar refractivity (Wildman–Crippen MR) is 81.6 cm³/mol. The third-order valence-corrected chi connectivity index (χ3v) is 3.67. The number of carbonyl (C=O) groups excluding carboxylic acids is 1. The van der Waals surface area contributed by atoms with E-state index in [1.165, 1.54) is 11.3 Å². The van der Waals surface area contributed by atoms with Crippen LogP contribution in [0.4, 0.5) is 5.69 Å².